The molecule has 5 unspecified atom stereocenters. The highest BCUT2D eigenvalue weighted by Crippen LogP contribution is 2.48. The summed E-state index contributed by atoms with van der Waals surface area (Å²) < 4.78 is 31.6. The third-order valence-corrected chi connectivity index (χ3v) is 16.5. The Morgan fingerprint density at radius 2 is 1.22 bits per heavy atom. The Hall–Kier alpha value is -5.70. The number of hydrogen-bond acceptors (Lipinski definition) is 2. The zero-order chi connectivity index (χ0) is 48.9. The second-order valence-electron chi connectivity index (χ2n) is 21.2. The summed E-state index contributed by atoms with van der Waals surface area (Å²) in [7, 11) is 0. The lowest BCUT2D eigenvalue weighted by Gasteiger charge is -2.51. The van der Waals surface area contributed by atoms with Crippen molar-refractivity contribution in [3.8, 4) is 0 Å². The van der Waals surface area contributed by atoms with Crippen molar-refractivity contribution in [3.63, 3.8) is 0 Å². The minimum Gasteiger partial charge on any atom is -0.320 e. The second-order valence-corrected chi connectivity index (χ2v) is 21.2. The van der Waals surface area contributed by atoms with Crippen LogP contribution in [0.5, 0.6) is 0 Å². The van der Waals surface area contributed by atoms with Crippen LogP contribution in [0.15, 0.2) is 127 Å². The molecule has 2 saturated heterocycles. The zero-order valence-electron chi connectivity index (χ0n) is 42.1. The van der Waals surface area contributed by atoms with E-state index in [1.165, 1.54) is 17.7 Å². The van der Waals surface area contributed by atoms with Gasteiger partial charge in [0.25, 0.3) is 11.8 Å². The van der Waals surface area contributed by atoms with Crippen LogP contribution in [0.1, 0.15) is 116 Å². The van der Waals surface area contributed by atoms with Crippen LogP contribution in [0.4, 0.5) is 20.2 Å². The van der Waals surface area contributed by atoms with E-state index in [1.54, 1.807) is 12.1 Å². The topological polar surface area (TPSA) is 58.2 Å². The first-order valence-electron chi connectivity index (χ1n) is 25.6. The first-order chi connectivity index (χ1) is 33.1. The van der Waals surface area contributed by atoms with E-state index in [0.29, 0.717) is 40.8 Å². The quantitative estimate of drug-likeness (QED) is 0.103. The lowest BCUT2D eigenvalue weighted by Crippen LogP contribution is -2.62. The number of rotatable bonds is 15. The number of carbonyl (C=O) groups excluding carboxylic acids is 2. The molecule has 0 spiro atoms. The van der Waals surface area contributed by atoms with Gasteiger partial charge in [0.15, 0.2) is 12.1 Å². The van der Waals surface area contributed by atoms with Crippen molar-refractivity contribution in [1.29, 1.82) is 0 Å². The van der Waals surface area contributed by atoms with Crippen LogP contribution in [-0.2, 0) is 22.7 Å². The molecular formula is C61H74F2N4O2+2. The predicted molar refractivity (Wildman–Crippen MR) is 278 cm³/mol. The summed E-state index contributed by atoms with van der Waals surface area (Å²) in [5.74, 6) is 0.152. The summed E-state index contributed by atoms with van der Waals surface area (Å²) in [4.78, 5) is 29.1. The predicted octanol–water partition coefficient (Wildman–Crippen LogP) is 13.7. The number of carbonyl (C=O) groups is 2. The van der Waals surface area contributed by atoms with Gasteiger partial charge in [0.05, 0.1) is 26.2 Å². The Morgan fingerprint density at radius 1 is 0.652 bits per heavy atom. The van der Waals surface area contributed by atoms with Crippen LogP contribution in [0.25, 0.3) is 5.57 Å². The molecule has 5 atom stereocenters. The summed E-state index contributed by atoms with van der Waals surface area (Å²) in [6.07, 6.45) is 12.7. The molecule has 0 radical (unpaired) electrons. The van der Waals surface area contributed by atoms with Crippen LogP contribution in [0, 0.1) is 50.7 Å². The molecule has 8 rings (SSSR count). The van der Waals surface area contributed by atoms with Gasteiger partial charge in [0.1, 0.15) is 24.7 Å². The lowest BCUT2D eigenvalue weighted by molar-refractivity contribution is -0.960. The summed E-state index contributed by atoms with van der Waals surface area (Å²) in [6, 6.07) is 34.7. The maximum absolute atomic E-state index is 16.2. The number of allylic oxidation sites excluding steroid dienone is 4. The zero-order valence-corrected chi connectivity index (χ0v) is 42.1. The molecule has 6 nitrogen and oxygen atoms in total. The van der Waals surface area contributed by atoms with E-state index >= 15 is 4.39 Å². The third kappa shape index (κ3) is 10.9. The van der Waals surface area contributed by atoms with Gasteiger partial charge in [-0.1, -0.05) is 118 Å². The van der Waals surface area contributed by atoms with Gasteiger partial charge in [0.2, 0.25) is 0 Å². The average Bonchev–Trinajstić information content (AvgIpc) is 3.33. The summed E-state index contributed by atoms with van der Waals surface area (Å²) in [5.41, 5.74) is 11.0. The van der Waals surface area contributed by atoms with Crippen LogP contribution in [0.3, 0.4) is 0 Å². The molecule has 69 heavy (non-hydrogen) atoms. The standard InChI is InChI=1S/C61H72F2N4O2/c1-8-55(59(68)64-57-42(3)17-13-18-43(57)4)66(39-46-25-27-53(62)28-26-46)33-29-52(30-34-66)61(7)31-15-23-49(38-61)51-35-47(36-54(63)37-51)40-67(32-16-24-50(41-67)48-21-11-10-12-22-48)56(9-2)60(69)65-58-44(5)19-14-20-45(58)6/h10-15,17-23,25-28,31,35-37,50,52,55-56H,8-9,16,24,29-30,32-34,38-41H2,1-7H3/p+2. The molecule has 0 saturated carbocycles. The van der Waals surface area contributed by atoms with Crippen LogP contribution in [0.2, 0.25) is 0 Å². The highest BCUT2D eigenvalue weighted by molar-refractivity contribution is 5.96. The minimum atomic E-state index is -0.327. The number of piperidine rings is 2. The van der Waals surface area contributed by atoms with Crippen molar-refractivity contribution in [2.75, 3.05) is 36.8 Å². The van der Waals surface area contributed by atoms with Gasteiger partial charge >= 0.3 is 0 Å². The fraction of sp³-hybridized carbons (Fsp3) is 0.410. The van der Waals surface area contributed by atoms with Gasteiger partial charge in [-0.15, -0.1) is 0 Å². The molecular weight excluding hydrogens is 859 g/mol. The Bertz CT molecular complexity index is 2650. The molecule has 362 valence electrons. The number of benzene rings is 5. The van der Waals surface area contributed by atoms with Crippen molar-refractivity contribution in [1.82, 2.24) is 0 Å². The normalized spacial score (nSPS) is 24.5. The number of likely N-dealkylation sites (tertiary alicyclic amines) is 2. The fourth-order valence-corrected chi connectivity index (χ4v) is 12.8. The van der Waals surface area contributed by atoms with Gasteiger partial charge in [-0.2, -0.15) is 0 Å². The van der Waals surface area contributed by atoms with Gasteiger partial charge in [0, 0.05) is 54.1 Å². The molecule has 2 amide bonds. The summed E-state index contributed by atoms with van der Waals surface area (Å²) >= 11 is 0. The number of halogens is 2. The van der Waals surface area contributed by atoms with Gasteiger partial charge in [-0.05, 0) is 128 Å². The molecule has 8 heteroatoms. The molecule has 5 aromatic rings. The van der Waals surface area contributed by atoms with Gasteiger partial charge in [-0.25, -0.2) is 8.78 Å². The van der Waals surface area contributed by atoms with Crippen molar-refractivity contribution < 1.29 is 27.3 Å². The maximum atomic E-state index is 16.2. The number of amides is 2. The number of anilines is 2. The largest absolute Gasteiger partial charge is 0.320 e. The molecule has 2 N–H and O–H groups in total. The van der Waals surface area contributed by atoms with E-state index in [4.69, 9.17) is 0 Å². The maximum Gasteiger partial charge on any atom is 0.282 e. The Labute approximate surface area is 410 Å². The van der Waals surface area contributed by atoms with E-state index in [-0.39, 0.29) is 46.9 Å². The first kappa shape index (κ1) is 49.7. The molecule has 0 aromatic heterocycles. The van der Waals surface area contributed by atoms with Crippen molar-refractivity contribution in [2.24, 2.45) is 11.3 Å². The number of para-hydroxylation sites is 2. The van der Waals surface area contributed by atoms with Crippen LogP contribution in [-0.4, -0.2) is 59.0 Å². The van der Waals surface area contributed by atoms with E-state index in [9.17, 15) is 14.0 Å². The number of aryl methyl sites for hydroxylation is 4. The molecule has 2 aliphatic heterocycles. The Kier molecular flexibility index (Phi) is 15.2. The molecule has 5 aromatic carbocycles. The average molecular weight is 933 g/mol. The van der Waals surface area contributed by atoms with Crippen molar-refractivity contribution in [3.05, 3.63) is 184 Å². The van der Waals surface area contributed by atoms with E-state index < -0.39 is 0 Å². The number of nitrogens with one attached hydrogen (secondary N) is 2. The second kappa shape index (κ2) is 21.1. The minimum absolute atomic E-state index is 0.0243. The lowest BCUT2D eigenvalue weighted by atomic mass is 9.66. The number of quaternary nitrogens is 2. The van der Waals surface area contributed by atoms with Gasteiger partial charge < -0.3 is 19.6 Å². The Balaban J connectivity index is 1.05. The highest BCUT2D eigenvalue weighted by atomic mass is 19.1. The van der Waals surface area contributed by atoms with E-state index in [2.05, 4.69) is 86.0 Å². The molecule has 2 heterocycles. The Morgan fingerprint density at radius 3 is 1.80 bits per heavy atom. The highest BCUT2D eigenvalue weighted by Gasteiger charge is 2.48. The molecule has 1 aliphatic carbocycles. The summed E-state index contributed by atoms with van der Waals surface area (Å²) in [6.45, 7) is 19.2. The van der Waals surface area contributed by atoms with Gasteiger partial charge in [-0.3, -0.25) is 9.59 Å². The third-order valence-electron chi connectivity index (χ3n) is 16.5. The monoisotopic (exact) mass is 933 g/mol. The van der Waals surface area contributed by atoms with Crippen LogP contribution >= 0.6 is 0 Å². The van der Waals surface area contributed by atoms with E-state index in [0.717, 1.165) is 114 Å². The number of nitrogens with zero attached hydrogens (tertiary/aromatic N) is 2. The summed E-state index contributed by atoms with van der Waals surface area (Å²) in [5, 5.41) is 6.72. The van der Waals surface area contributed by atoms with Crippen molar-refractivity contribution in [2.45, 2.75) is 125 Å². The van der Waals surface area contributed by atoms with E-state index in [1.807, 2.05) is 76.2 Å². The molecule has 0 bridgehead atoms. The first-order valence-corrected chi connectivity index (χ1v) is 25.6. The fourth-order valence-electron chi connectivity index (χ4n) is 12.8. The smallest absolute Gasteiger partial charge is 0.282 e. The SMILES string of the molecule is CCC(C(=O)Nc1c(C)cccc1C)[N+]1(Cc2ccc(F)cc2)CCC(C2(C)C=CC=C(c3cc(F)cc(C[N+]4(C(CC)C(=O)Nc5c(C)cccc5C)CCCC(c5ccccc5)C4)c3)C2)CC1. The molecule has 2 fully saturated rings. The van der Waals surface area contributed by atoms with Crippen molar-refractivity contribution >= 4 is 28.8 Å². The molecule has 3 aliphatic rings. The van der Waals surface area contributed by atoms with Crippen LogP contribution < -0.4 is 10.6 Å². The number of hydrogen-bond donors (Lipinski definition) is 2.